The molecule has 1 heterocycles. The van der Waals surface area contributed by atoms with E-state index in [-0.39, 0.29) is 5.91 Å². The van der Waals surface area contributed by atoms with Gasteiger partial charge in [-0.2, -0.15) is 0 Å². The summed E-state index contributed by atoms with van der Waals surface area (Å²) in [5, 5.41) is 3.01. The second-order valence-electron chi connectivity index (χ2n) is 7.58. The fourth-order valence-corrected chi connectivity index (χ4v) is 3.88. The van der Waals surface area contributed by atoms with Gasteiger partial charge in [-0.05, 0) is 37.1 Å². The van der Waals surface area contributed by atoms with Crippen LogP contribution in [-0.4, -0.2) is 54.0 Å². The maximum Gasteiger partial charge on any atom is 0.244 e. The number of rotatable bonds is 5. The molecule has 1 aliphatic heterocycles. The number of anilines is 1. The largest absolute Gasteiger partial charge is 0.324 e. The molecule has 5 nitrogen and oxygen atoms in total. The van der Waals surface area contributed by atoms with Crippen LogP contribution in [0.4, 0.5) is 5.69 Å². The van der Waals surface area contributed by atoms with Gasteiger partial charge in [-0.25, -0.2) is 0 Å². The van der Waals surface area contributed by atoms with Crippen molar-refractivity contribution in [3.8, 4) is 0 Å². The molecular weight excluding hydrogens is 312 g/mol. The minimum Gasteiger partial charge on any atom is -0.324 e. The van der Waals surface area contributed by atoms with Crippen LogP contribution in [0.1, 0.15) is 44.6 Å². The highest BCUT2D eigenvalue weighted by atomic mass is 16.2. The van der Waals surface area contributed by atoms with E-state index in [1.807, 2.05) is 12.1 Å². The van der Waals surface area contributed by atoms with Crippen molar-refractivity contribution in [1.29, 1.82) is 0 Å². The zero-order chi connectivity index (χ0) is 17.7. The summed E-state index contributed by atoms with van der Waals surface area (Å²) in [5.41, 5.74) is 7.76. The lowest BCUT2D eigenvalue weighted by molar-refractivity contribution is -0.122. The highest BCUT2D eigenvalue weighted by Gasteiger charge is 2.35. The number of hydrogen-bond acceptors (Lipinski definition) is 4. The van der Waals surface area contributed by atoms with Crippen LogP contribution in [0.2, 0.25) is 0 Å². The van der Waals surface area contributed by atoms with E-state index in [0.29, 0.717) is 0 Å². The zero-order valence-electron chi connectivity index (χ0n) is 15.5. The summed E-state index contributed by atoms with van der Waals surface area (Å²) >= 11 is 0. The molecule has 1 amide bonds. The van der Waals surface area contributed by atoms with Gasteiger partial charge >= 0.3 is 0 Å². The van der Waals surface area contributed by atoms with Gasteiger partial charge in [-0.3, -0.25) is 9.69 Å². The summed E-state index contributed by atoms with van der Waals surface area (Å²) in [4.78, 5) is 17.5. The first-order valence-electron chi connectivity index (χ1n) is 9.73. The first-order chi connectivity index (χ1) is 12.1. The molecule has 0 unspecified atom stereocenters. The molecule has 3 N–H and O–H groups in total. The van der Waals surface area contributed by atoms with E-state index in [9.17, 15) is 4.79 Å². The number of amides is 1. The number of nitrogens with one attached hydrogen (secondary N) is 1. The Bertz CT molecular complexity index is 558. The maximum atomic E-state index is 12.5. The third-order valence-corrected chi connectivity index (χ3v) is 5.73. The highest BCUT2D eigenvalue weighted by molar-refractivity contribution is 5.98. The predicted octanol–water partition coefficient (Wildman–Crippen LogP) is 2.42. The first-order valence-corrected chi connectivity index (χ1v) is 9.73. The van der Waals surface area contributed by atoms with Gasteiger partial charge in [0.2, 0.25) is 5.91 Å². The second-order valence-corrected chi connectivity index (χ2v) is 7.58. The van der Waals surface area contributed by atoms with Gasteiger partial charge in [0.1, 0.15) is 0 Å². The Hall–Kier alpha value is -1.43. The Kier molecular flexibility index (Phi) is 6.10. The third kappa shape index (κ3) is 4.81. The summed E-state index contributed by atoms with van der Waals surface area (Å²) < 4.78 is 0. The molecule has 0 aromatic heterocycles. The van der Waals surface area contributed by atoms with Gasteiger partial charge in [0.15, 0.2) is 0 Å². The fourth-order valence-electron chi connectivity index (χ4n) is 3.88. The Morgan fingerprint density at radius 2 is 1.64 bits per heavy atom. The number of nitrogens with two attached hydrogens (primary N) is 1. The number of benzene rings is 1. The van der Waals surface area contributed by atoms with Crippen LogP contribution in [0, 0.1) is 0 Å². The first kappa shape index (κ1) is 18.4. The third-order valence-electron chi connectivity index (χ3n) is 5.73. The van der Waals surface area contributed by atoms with Crippen molar-refractivity contribution in [3.63, 3.8) is 0 Å². The van der Waals surface area contributed by atoms with Crippen LogP contribution < -0.4 is 11.1 Å². The summed E-state index contributed by atoms with van der Waals surface area (Å²) in [6, 6.07) is 8.24. The summed E-state index contributed by atoms with van der Waals surface area (Å²) in [6.07, 6.45) is 4.87. The lowest BCUT2D eigenvalue weighted by atomic mass is 9.82. The molecule has 2 fully saturated rings. The summed E-state index contributed by atoms with van der Waals surface area (Å²) in [5.74, 6) is -0.0318. The van der Waals surface area contributed by atoms with Gasteiger partial charge in [0.05, 0.1) is 5.54 Å². The van der Waals surface area contributed by atoms with Gasteiger partial charge < -0.3 is 16.0 Å². The van der Waals surface area contributed by atoms with Crippen molar-refractivity contribution in [3.05, 3.63) is 29.8 Å². The van der Waals surface area contributed by atoms with Gasteiger partial charge in [-0.1, -0.05) is 38.3 Å². The average molecular weight is 345 g/mol. The van der Waals surface area contributed by atoms with Crippen molar-refractivity contribution in [2.75, 3.05) is 38.0 Å². The molecule has 1 saturated heterocycles. The van der Waals surface area contributed by atoms with Crippen molar-refractivity contribution in [1.82, 2.24) is 9.80 Å². The molecule has 138 valence electrons. The van der Waals surface area contributed by atoms with Crippen molar-refractivity contribution in [2.45, 2.75) is 51.1 Å². The number of carbonyl (C=O) groups is 1. The van der Waals surface area contributed by atoms with Crippen LogP contribution >= 0.6 is 0 Å². The number of likely N-dealkylation sites (N-methyl/N-ethyl adjacent to an activating group) is 1. The molecule has 0 radical (unpaired) electrons. The lowest BCUT2D eigenvalue weighted by Gasteiger charge is -2.34. The SMILES string of the molecule is CCN1CCN(Cc2ccc(NC(=O)C3(N)CCCCC3)cc2)CC1. The normalized spacial score (nSPS) is 21.8. The Labute approximate surface area is 151 Å². The molecule has 5 heteroatoms. The minimum atomic E-state index is -0.685. The summed E-state index contributed by atoms with van der Waals surface area (Å²) in [6.45, 7) is 8.91. The molecular formula is C20H32N4O. The Morgan fingerprint density at radius 3 is 2.24 bits per heavy atom. The van der Waals surface area contributed by atoms with E-state index in [4.69, 9.17) is 5.73 Å². The zero-order valence-corrected chi connectivity index (χ0v) is 15.5. The van der Waals surface area contributed by atoms with Crippen LogP contribution in [0.25, 0.3) is 0 Å². The van der Waals surface area contributed by atoms with Crippen LogP contribution in [0.3, 0.4) is 0 Å². The molecule has 1 aromatic rings. The van der Waals surface area contributed by atoms with Gasteiger partial charge in [-0.15, -0.1) is 0 Å². The molecule has 0 bridgehead atoms. The molecule has 1 aromatic carbocycles. The minimum absolute atomic E-state index is 0.0318. The van der Waals surface area contributed by atoms with E-state index in [0.717, 1.165) is 70.6 Å². The molecule has 1 saturated carbocycles. The lowest BCUT2D eigenvalue weighted by Crippen LogP contribution is -2.52. The number of carbonyl (C=O) groups excluding carboxylic acids is 1. The molecule has 3 rings (SSSR count). The molecule has 25 heavy (non-hydrogen) atoms. The standard InChI is InChI=1S/C20H32N4O/c1-2-23-12-14-24(15-13-23)16-17-6-8-18(9-7-17)22-19(25)20(21)10-4-3-5-11-20/h6-9H,2-5,10-16,21H2,1H3,(H,22,25). The Balaban J connectivity index is 1.51. The maximum absolute atomic E-state index is 12.5. The highest BCUT2D eigenvalue weighted by Crippen LogP contribution is 2.27. The van der Waals surface area contributed by atoms with Gasteiger partial charge in [0, 0.05) is 38.4 Å². The smallest absolute Gasteiger partial charge is 0.244 e. The summed E-state index contributed by atoms with van der Waals surface area (Å²) in [7, 11) is 0. The quantitative estimate of drug-likeness (QED) is 0.861. The monoisotopic (exact) mass is 344 g/mol. The fraction of sp³-hybridized carbons (Fsp3) is 0.650. The topological polar surface area (TPSA) is 61.6 Å². The van der Waals surface area contributed by atoms with Gasteiger partial charge in [0.25, 0.3) is 0 Å². The number of hydrogen-bond donors (Lipinski definition) is 2. The van der Waals surface area contributed by atoms with Crippen LogP contribution in [-0.2, 0) is 11.3 Å². The Morgan fingerprint density at radius 1 is 1.04 bits per heavy atom. The molecule has 0 spiro atoms. The van der Waals surface area contributed by atoms with Crippen molar-refractivity contribution < 1.29 is 4.79 Å². The molecule has 2 aliphatic rings. The second kappa shape index (κ2) is 8.30. The van der Waals surface area contributed by atoms with Crippen molar-refractivity contribution >= 4 is 11.6 Å². The molecule has 0 atom stereocenters. The van der Waals surface area contributed by atoms with E-state index >= 15 is 0 Å². The van der Waals surface area contributed by atoms with Crippen LogP contribution in [0.15, 0.2) is 24.3 Å². The molecule has 1 aliphatic carbocycles. The van der Waals surface area contributed by atoms with E-state index in [1.165, 1.54) is 12.0 Å². The number of piperazine rings is 1. The predicted molar refractivity (Wildman–Crippen MR) is 102 cm³/mol. The van der Waals surface area contributed by atoms with E-state index < -0.39 is 5.54 Å². The average Bonchev–Trinajstić information content (AvgIpc) is 2.64. The number of nitrogens with zero attached hydrogens (tertiary/aromatic N) is 2. The van der Waals surface area contributed by atoms with Crippen LogP contribution in [0.5, 0.6) is 0 Å². The van der Waals surface area contributed by atoms with E-state index in [2.05, 4.69) is 34.2 Å². The van der Waals surface area contributed by atoms with Crippen molar-refractivity contribution in [2.24, 2.45) is 5.73 Å². The van der Waals surface area contributed by atoms with E-state index in [1.54, 1.807) is 0 Å².